The van der Waals surface area contributed by atoms with Crippen LogP contribution in [0, 0.1) is 5.82 Å². The maximum atomic E-state index is 14.7. The molecule has 0 unspecified atom stereocenters. The molecule has 2 aromatic carbocycles. The highest BCUT2D eigenvalue weighted by Crippen LogP contribution is 2.30. The predicted molar refractivity (Wildman–Crippen MR) is 99.5 cm³/mol. The van der Waals surface area contributed by atoms with Gasteiger partial charge in [-0.15, -0.1) is 0 Å². The molecule has 1 aromatic heterocycles. The zero-order valence-corrected chi connectivity index (χ0v) is 14.6. The molecule has 136 valence electrons. The van der Waals surface area contributed by atoms with Gasteiger partial charge in [-0.3, -0.25) is 4.98 Å². The molecule has 1 fully saturated rings. The van der Waals surface area contributed by atoms with E-state index in [-0.39, 0.29) is 17.8 Å². The number of halogens is 1. The molecule has 0 aliphatic heterocycles. The van der Waals surface area contributed by atoms with Crippen molar-refractivity contribution in [2.75, 3.05) is 0 Å². The SMILES string of the molecule is O=C(O)c1cccnc1Cc1ccc(-c2cccc(OC3CC3)c2)cc1F. The molecule has 0 atom stereocenters. The highest BCUT2D eigenvalue weighted by molar-refractivity contribution is 5.88. The third kappa shape index (κ3) is 3.97. The van der Waals surface area contributed by atoms with Crippen LogP contribution in [0.2, 0.25) is 0 Å². The van der Waals surface area contributed by atoms with E-state index in [9.17, 15) is 14.3 Å². The van der Waals surface area contributed by atoms with Crippen LogP contribution in [-0.2, 0) is 6.42 Å². The fourth-order valence-corrected chi connectivity index (χ4v) is 2.95. The van der Waals surface area contributed by atoms with Gasteiger partial charge in [-0.1, -0.05) is 24.3 Å². The van der Waals surface area contributed by atoms with Crippen LogP contribution < -0.4 is 4.74 Å². The number of carboxylic acids is 1. The number of nitrogens with zero attached hydrogens (tertiary/aromatic N) is 1. The van der Waals surface area contributed by atoms with Gasteiger partial charge in [0, 0.05) is 12.6 Å². The van der Waals surface area contributed by atoms with E-state index in [0.29, 0.717) is 17.4 Å². The second kappa shape index (κ2) is 7.19. The van der Waals surface area contributed by atoms with Crippen LogP contribution in [0.25, 0.3) is 11.1 Å². The zero-order chi connectivity index (χ0) is 18.8. The quantitative estimate of drug-likeness (QED) is 0.689. The Morgan fingerprint density at radius 3 is 2.67 bits per heavy atom. The first-order valence-electron chi connectivity index (χ1n) is 8.83. The Bertz CT molecular complexity index is 998. The molecule has 1 aliphatic carbocycles. The highest BCUT2D eigenvalue weighted by Gasteiger charge is 2.23. The average Bonchev–Trinajstić information content (AvgIpc) is 3.48. The number of pyridine rings is 1. The molecule has 0 saturated heterocycles. The van der Waals surface area contributed by atoms with Crippen molar-refractivity contribution in [3.05, 3.63) is 83.4 Å². The summed E-state index contributed by atoms with van der Waals surface area (Å²) in [6.07, 6.45) is 4.11. The fourth-order valence-electron chi connectivity index (χ4n) is 2.95. The first kappa shape index (κ1) is 17.2. The predicted octanol–water partition coefficient (Wildman–Crippen LogP) is 4.72. The lowest BCUT2D eigenvalue weighted by Gasteiger charge is -2.10. The summed E-state index contributed by atoms with van der Waals surface area (Å²) in [5, 5.41) is 9.25. The Morgan fingerprint density at radius 1 is 1.11 bits per heavy atom. The fraction of sp³-hybridized carbons (Fsp3) is 0.182. The zero-order valence-electron chi connectivity index (χ0n) is 14.6. The number of ether oxygens (including phenoxy) is 1. The van der Waals surface area contributed by atoms with E-state index in [1.165, 1.54) is 18.3 Å². The van der Waals surface area contributed by atoms with Gasteiger partial charge in [0.15, 0.2) is 0 Å². The molecule has 0 radical (unpaired) electrons. The number of carbonyl (C=O) groups is 1. The minimum Gasteiger partial charge on any atom is -0.490 e. The number of carboxylic acid groups (broad SMARTS) is 1. The summed E-state index contributed by atoms with van der Waals surface area (Å²) in [6, 6.07) is 15.6. The van der Waals surface area contributed by atoms with E-state index in [1.807, 2.05) is 30.3 Å². The molecule has 1 heterocycles. The Kier molecular flexibility index (Phi) is 4.59. The smallest absolute Gasteiger partial charge is 0.337 e. The molecule has 27 heavy (non-hydrogen) atoms. The lowest BCUT2D eigenvalue weighted by molar-refractivity contribution is 0.0695. The molecule has 3 aromatic rings. The van der Waals surface area contributed by atoms with Gasteiger partial charge >= 0.3 is 5.97 Å². The van der Waals surface area contributed by atoms with Crippen molar-refractivity contribution in [3.63, 3.8) is 0 Å². The van der Waals surface area contributed by atoms with Crippen LogP contribution in [0.4, 0.5) is 4.39 Å². The van der Waals surface area contributed by atoms with Crippen molar-refractivity contribution in [3.8, 4) is 16.9 Å². The van der Waals surface area contributed by atoms with E-state index in [1.54, 1.807) is 12.1 Å². The number of aromatic carboxylic acids is 1. The van der Waals surface area contributed by atoms with Crippen LogP contribution in [0.5, 0.6) is 5.75 Å². The van der Waals surface area contributed by atoms with Crippen molar-refractivity contribution in [1.29, 1.82) is 0 Å². The summed E-state index contributed by atoms with van der Waals surface area (Å²) >= 11 is 0. The molecule has 1 N–H and O–H groups in total. The standard InChI is InChI=1S/C22H18FNO3/c23-20-12-15(14-3-1-4-18(11-14)27-17-8-9-17)6-7-16(20)13-21-19(22(25)26)5-2-10-24-21/h1-7,10-12,17H,8-9,13H2,(H,25,26). The van der Waals surface area contributed by atoms with E-state index < -0.39 is 5.97 Å². The van der Waals surface area contributed by atoms with Crippen molar-refractivity contribution in [2.45, 2.75) is 25.4 Å². The number of rotatable bonds is 6. The lowest BCUT2D eigenvalue weighted by atomic mass is 10.00. The summed E-state index contributed by atoms with van der Waals surface area (Å²) < 4.78 is 20.5. The molecule has 0 amide bonds. The van der Waals surface area contributed by atoms with Gasteiger partial charge in [0.2, 0.25) is 0 Å². The first-order valence-corrected chi connectivity index (χ1v) is 8.83. The molecule has 4 rings (SSSR count). The minimum atomic E-state index is -1.07. The second-order valence-electron chi connectivity index (χ2n) is 6.63. The third-order valence-electron chi connectivity index (χ3n) is 4.53. The molecular formula is C22H18FNO3. The van der Waals surface area contributed by atoms with Crippen LogP contribution >= 0.6 is 0 Å². The summed E-state index contributed by atoms with van der Waals surface area (Å²) in [4.78, 5) is 15.4. The van der Waals surface area contributed by atoms with Crippen molar-refractivity contribution < 1.29 is 19.0 Å². The number of aromatic nitrogens is 1. The van der Waals surface area contributed by atoms with Gasteiger partial charge in [0.25, 0.3) is 0 Å². The largest absolute Gasteiger partial charge is 0.490 e. The third-order valence-corrected chi connectivity index (χ3v) is 4.53. The summed E-state index contributed by atoms with van der Waals surface area (Å²) in [5.74, 6) is -0.662. The molecule has 5 heteroatoms. The summed E-state index contributed by atoms with van der Waals surface area (Å²) in [5.41, 5.74) is 2.47. The van der Waals surface area contributed by atoms with Gasteiger partial charge in [0.05, 0.1) is 17.4 Å². The van der Waals surface area contributed by atoms with Crippen molar-refractivity contribution in [2.24, 2.45) is 0 Å². The van der Waals surface area contributed by atoms with Gasteiger partial charge in [-0.05, 0) is 59.9 Å². The molecule has 0 bridgehead atoms. The van der Waals surface area contributed by atoms with Crippen LogP contribution in [-0.4, -0.2) is 22.2 Å². The van der Waals surface area contributed by atoms with Gasteiger partial charge in [-0.25, -0.2) is 9.18 Å². The van der Waals surface area contributed by atoms with Crippen LogP contribution in [0.3, 0.4) is 0 Å². The van der Waals surface area contributed by atoms with Crippen LogP contribution in [0.1, 0.15) is 34.5 Å². The van der Waals surface area contributed by atoms with Crippen molar-refractivity contribution >= 4 is 5.97 Å². The summed E-state index contributed by atoms with van der Waals surface area (Å²) in [7, 11) is 0. The first-order chi connectivity index (χ1) is 13.1. The minimum absolute atomic E-state index is 0.0888. The number of hydrogen-bond donors (Lipinski definition) is 1. The Labute approximate surface area is 156 Å². The Balaban J connectivity index is 1.59. The Hall–Kier alpha value is -3.21. The Morgan fingerprint density at radius 2 is 1.93 bits per heavy atom. The molecular weight excluding hydrogens is 345 g/mol. The second-order valence-corrected chi connectivity index (χ2v) is 6.63. The van der Waals surface area contributed by atoms with E-state index >= 15 is 0 Å². The molecule has 0 spiro atoms. The van der Waals surface area contributed by atoms with Gasteiger partial charge < -0.3 is 9.84 Å². The lowest BCUT2D eigenvalue weighted by Crippen LogP contribution is -2.06. The molecule has 4 nitrogen and oxygen atoms in total. The van der Waals surface area contributed by atoms with E-state index in [0.717, 1.165) is 29.7 Å². The van der Waals surface area contributed by atoms with E-state index in [4.69, 9.17) is 4.74 Å². The van der Waals surface area contributed by atoms with Crippen molar-refractivity contribution in [1.82, 2.24) is 4.98 Å². The molecule has 1 saturated carbocycles. The normalized spacial score (nSPS) is 13.4. The average molecular weight is 363 g/mol. The highest BCUT2D eigenvalue weighted by atomic mass is 19.1. The maximum absolute atomic E-state index is 14.7. The topological polar surface area (TPSA) is 59.4 Å². The van der Waals surface area contributed by atoms with E-state index in [2.05, 4.69) is 4.98 Å². The summed E-state index contributed by atoms with van der Waals surface area (Å²) in [6.45, 7) is 0. The number of hydrogen-bond acceptors (Lipinski definition) is 3. The number of benzene rings is 2. The molecule has 1 aliphatic rings. The maximum Gasteiger partial charge on any atom is 0.337 e. The van der Waals surface area contributed by atoms with Gasteiger partial charge in [-0.2, -0.15) is 0 Å². The van der Waals surface area contributed by atoms with Gasteiger partial charge in [0.1, 0.15) is 11.6 Å². The van der Waals surface area contributed by atoms with Crippen LogP contribution in [0.15, 0.2) is 60.8 Å². The monoisotopic (exact) mass is 363 g/mol.